The molecule has 0 spiro atoms. The van der Waals surface area contributed by atoms with Crippen molar-refractivity contribution in [3.63, 3.8) is 0 Å². The fourth-order valence-corrected chi connectivity index (χ4v) is 2.73. The third-order valence-corrected chi connectivity index (χ3v) is 4.29. The molecule has 0 radical (unpaired) electrons. The summed E-state index contributed by atoms with van der Waals surface area (Å²) in [4.78, 5) is 16.6. The first-order chi connectivity index (χ1) is 14.1. The molecule has 3 aromatic rings. The number of hydrogen-bond acceptors (Lipinski definition) is 6. The van der Waals surface area contributed by atoms with Crippen LogP contribution in [0.1, 0.15) is 16.1 Å². The predicted octanol–water partition coefficient (Wildman–Crippen LogP) is 3.97. The average Bonchev–Trinajstić information content (AvgIpc) is 2.78. The third-order valence-electron chi connectivity index (χ3n) is 4.29. The first-order valence-corrected chi connectivity index (χ1v) is 8.99. The van der Waals surface area contributed by atoms with Crippen molar-refractivity contribution in [2.75, 3.05) is 32.0 Å². The Morgan fingerprint density at radius 1 is 0.862 bits per heavy atom. The lowest BCUT2D eigenvalue weighted by atomic mass is 10.2. The van der Waals surface area contributed by atoms with E-state index in [0.29, 0.717) is 29.4 Å². The van der Waals surface area contributed by atoms with Crippen LogP contribution in [0.5, 0.6) is 17.2 Å². The van der Waals surface area contributed by atoms with Crippen LogP contribution in [-0.2, 0) is 6.54 Å². The molecular formula is C22H23N3O4. The van der Waals surface area contributed by atoms with Gasteiger partial charge in [-0.25, -0.2) is 0 Å². The molecular weight excluding hydrogens is 370 g/mol. The molecule has 1 amide bonds. The quantitative estimate of drug-likeness (QED) is 0.603. The highest BCUT2D eigenvalue weighted by Gasteiger charge is 2.09. The van der Waals surface area contributed by atoms with E-state index in [1.54, 1.807) is 57.9 Å². The van der Waals surface area contributed by atoms with Crippen LogP contribution >= 0.6 is 0 Å². The Hall–Kier alpha value is -3.74. The van der Waals surface area contributed by atoms with Crippen molar-refractivity contribution in [2.45, 2.75) is 6.54 Å². The Morgan fingerprint density at radius 3 is 2.31 bits per heavy atom. The van der Waals surface area contributed by atoms with E-state index < -0.39 is 0 Å². The first-order valence-electron chi connectivity index (χ1n) is 8.99. The summed E-state index contributed by atoms with van der Waals surface area (Å²) in [5.41, 5.74) is 2.79. The van der Waals surface area contributed by atoms with Gasteiger partial charge in [0.05, 0.1) is 21.3 Å². The molecule has 0 aliphatic heterocycles. The molecule has 7 heteroatoms. The van der Waals surface area contributed by atoms with E-state index >= 15 is 0 Å². The number of anilines is 2. The minimum atomic E-state index is -0.287. The molecule has 0 aliphatic rings. The highest BCUT2D eigenvalue weighted by atomic mass is 16.5. The van der Waals surface area contributed by atoms with E-state index in [0.717, 1.165) is 17.0 Å². The van der Waals surface area contributed by atoms with E-state index in [2.05, 4.69) is 15.6 Å². The molecule has 3 rings (SSSR count). The van der Waals surface area contributed by atoms with Gasteiger partial charge in [0.15, 0.2) is 11.5 Å². The van der Waals surface area contributed by atoms with Crippen molar-refractivity contribution in [1.29, 1.82) is 0 Å². The molecule has 2 N–H and O–H groups in total. The SMILES string of the molecule is COc1ccc(NC(=O)c2cc(NCc3ccc(OC)c(OC)c3)ccn2)cc1. The molecule has 0 aliphatic carbocycles. The van der Waals surface area contributed by atoms with E-state index in [1.807, 2.05) is 24.3 Å². The van der Waals surface area contributed by atoms with E-state index in [9.17, 15) is 4.79 Å². The van der Waals surface area contributed by atoms with Crippen molar-refractivity contribution in [3.8, 4) is 17.2 Å². The molecule has 0 fully saturated rings. The van der Waals surface area contributed by atoms with Gasteiger partial charge >= 0.3 is 0 Å². The molecule has 1 heterocycles. The number of rotatable bonds is 8. The van der Waals surface area contributed by atoms with Crippen molar-refractivity contribution < 1.29 is 19.0 Å². The average molecular weight is 393 g/mol. The Morgan fingerprint density at radius 2 is 1.62 bits per heavy atom. The molecule has 1 aromatic heterocycles. The number of hydrogen-bond donors (Lipinski definition) is 2. The topological polar surface area (TPSA) is 81.7 Å². The van der Waals surface area contributed by atoms with Crippen LogP contribution in [0.2, 0.25) is 0 Å². The summed E-state index contributed by atoms with van der Waals surface area (Å²) in [6.07, 6.45) is 1.60. The zero-order valence-corrected chi connectivity index (χ0v) is 16.6. The lowest BCUT2D eigenvalue weighted by Gasteiger charge is -2.11. The Kier molecular flexibility index (Phi) is 6.52. The summed E-state index contributed by atoms with van der Waals surface area (Å²) in [7, 11) is 4.80. The summed E-state index contributed by atoms with van der Waals surface area (Å²) < 4.78 is 15.7. The van der Waals surface area contributed by atoms with Gasteiger partial charge in [-0.1, -0.05) is 6.07 Å². The summed E-state index contributed by atoms with van der Waals surface area (Å²) in [5, 5.41) is 6.11. The minimum Gasteiger partial charge on any atom is -0.497 e. The van der Waals surface area contributed by atoms with Gasteiger partial charge in [0.25, 0.3) is 5.91 Å². The van der Waals surface area contributed by atoms with Gasteiger partial charge in [-0.15, -0.1) is 0 Å². The van der Waals surface area contributed by atoms with Crippen molar-refractivity contribution in [1.82, 2.24) is 4.98 Å². The number of nitrogens with zero attached hydrogens (tertiary/aromatic N) is 1. The van der Waals surface area contributed by atoms with Crippen LogP contribution in [0.3, 0.4) is 0 Å². The number of amides is 1. The lowest BCUT2D eigenvalue weighted by molar-refractivity contribution is 0.102. The molecule has 0 saturated heterocycles. The van der Waals surface area contributed by atoms with Crippen LogP contribution in [0, 0.1) is 0 Å². The fourth-order valence-electron chi connectivity index (χ4n) is 2.73. The van der Waals surface area contributed by atoms with Crippen LogP contribution in [0.15, 0.2) is 60.8 Å². The highest BCUT2D eigenvalue weighted by Crippen LogP contribution is 2.27. The maximum absolute atomic E-state index is 12.5. The zero-order chi connectivity index (χ0) is 20.6. The van der Waals surface area contributed by atoms with Gasteiger partial charge in [0.1, 0.15) is 11.4 Å². The van der Waals surface area contributed by atoms with Gasteiger partial charge < -0.3 is 24.8 Å². The van der Waals surface area contributed by atoms with Crippen molar-refractivity contribution in [2.24, 2.45) is 0 Å². The van der Waals surface area contributed by atoms with Gasteiger partial charge in [-0.2, -0.15) is 0 Å². The maximum atomic E-state index is 12.5. The zero-order valence-electron chi connectivity index (χ0n) is 16.6. The second kappa shape index (κ2) is 9.45. The Labute approximate surface area is 169 Å². The molecule has 2 aromatic carbocycles. The summed E-state index contributed by atoms with van der Waals surface area (Å²) in [5.74, 6) is 1.78. The number of pyridine rings is 1. The summed E-state index contributed by atoms with van der Waals surface area (Å²) in [6, 6.07) is 16.3. The summed E-state index contributed by atoms with van der Waals surface area (Å²) >= 11 is 0. The Balaban J connectivity index is 1.65. The number of methoxy groups -OCH3 is 3. The molecule has 0 saturated carbocycles. The van der Waals surface area contributed by atoms with E-state index in [-0.39, 0.29) is 5.91 Å². The smallest absolute Gasteiger partial charge is 0.274 e. The third kappa shape index (κ3) is 5.16. The van der Waals surface area contributed by atoms with Crippen molar-refractivity contribution >= 4 is 17.3 Å². The number of aromatic nitrogens is 1. The number of nitrogens with one attached hydrogen (secondary N) is 2. The highest BCUT2D eigenvalue weighted by molar-refractivity contribution is 6.03. The van der Waals surface area contributed by atoms with Crippen molar-refractivity contribution in [3.05, 3.63) is 72.1 Å². The predicted molar refractivity (Wildman–Crippen MR) is 112 cm³/mol. The number of benzene rings is 2. The van der Waals surface area contributed by atoms with Gasteiger partial charge in [0.2, 0.25) is 0 Å². The monoisotopic (exact) mass is 393 g/mol. The lowest BCUT2D eigenvalue weighted by Crippen LogP contribution is -2.14. The van der Waals surface area contributed by atoms with Gasteiger partial charge in [-0.3, -0.25) is 9.78 Å². The molecule has 0 bridgehead atoms. The number of carbonyl (C=O) groups is 1. The van der Waals surface area contributed by atoms with Crippen LogP contribution in [-0.4, -0.2) is 32.2 Å². The number of ether oxygens (including phenoxy) is 3. The largest absolute Gasteiger partial charge is 0.497 e. The standard InChI is InChI=1S/C22H23N3O4/c1-27-18-7-5-16(6-8-18)25-22(26)19-13-17(10-11-23-19)24-14-15-4-9-20(28-2)21(12-15)29-3/h4-13H,14H2,1-3H3,(H,23,24)(H,25,26). The second-order valence-electron chi connectivity index (χ2n) is 6.16. The van der Waals surface area contributed by atoms with Crippen LogP contribution < -0.4 is 24.8 Å². The normalized spacial score (nSPS) is 10.2. The van der Waals surface area contributed by atoms with Gasteiger partial charge in [0, 0.05) is 24.1 Å². The fraction of sp³-hybridized carbons (Fsp3) is 0.182. The molecule has 0 unspecified atom stereocenters. The first kappa shape index (κ1) is 20.0. The van der Waals surface area contributed by atoms with Crippen LogP contribution in [0.25, 0.3) is 0 Å². The second-order valence-corrected chi connectivity index (χ2v) is 6.16. The molecule has 150 valence electrons. The molecule has 7 nitrogen and oxygen atoms in total. The Bertz CT molecular complexity index is 974. The summed E-state index contributed by atoms with van der Waals surface area (Å²) in [6.45, 7) is 0.559. The van der Waals surface area contributed by atoms with E-state index in [4.69, 9.17) is 14.2 Å². The molecule has 29 heavy (non-hydrogen) atoms. The van der Waals surface area contributed by atoms with Gasteiger partial charge in [-0.05, 0) is 54.1 Å². The minimum absolute atomic E-state index is 0.287. The number of carbonyl (C=O) groups excluding carboxylic acids is 1. The van der Waals surface area contributed by atoms with E-state index in [1.165, 1.54) is 0 Å². The maximum Gasteiger partial charge on any atom is 0.274 e. The molecule has 0 atom stereocenters. The van der Waals surface area contributed by atoms with Crippen LogP contribution in [0.4, 0.5) is 11.4 Å².